The predicted molar refractivity (Wildman–Crippen MR) is 70.0 cm³/mol. The predicted octanol–water partition coefficient (Wildman–Crippen LogP) is 3.25. The molecule has 0 fully saturated rings. The number of hydrogen-bond acceptors (Lipinski definition) is 2. The number of methoxy groups -OCH3 is 1. The lowest BCUT2D eigenvalue weighted by Gasteiger charge is -2.15. The summed E-state index contributed by atoms with van der Waals surface area (Å²) in [6.07, 6.45) is 2.44. The molecule has 1 aromatic carbocycles. The van der Waals surface area contributed by atoms with Crippen LogP contribution in [0.4, 0.5) is 0 Å². The van der Waals surface area contributed by atoms with E-state index >= 15 is 0 Å². The lowest BCUT2D eigenvalue weighted by Crippen LogP contribution is -2.20. The number of Topliss-reactive ketones (excluding diaryl/α,β-unsaturated/α-hetero) is 1. The van der Waals surface area contributed by atoms with E-state index < -0.39 is 0 Å². The van der Waals surface area contributed by atoms with Crippen molar-refractivity contribution >= 4 is 5.78 Å². The normalized spacial score (nSPS) is 12.7. The van der Waals surface area contributed by atoms with Crippen molar-refractivity contribution in [1.29, 1.82) is 0 Å². The molecule has 1 aromatic rings. The van der Waals surface area contributed by atoms with Gasteiger partial charge in [-0.3, -0.25) is 4.79 Å². The maximum Gasteiger partial charge on any atom is 0.138 e. The van der Waals surface area contributed by atoms with Crippen LogP contribution in [0.3, 0.4) is 0 Å². The van der Waals surface area contributed by atoms with Crippen LogP contribution < -0.4 is 0 Å². The van der Waals surface area contributed by atoms with Crippen LogP contribution in [-0.4, -0.2) is 19.0 Å². The summed E-state index contributed by atoms with van der Waals surface area (Å²) in [5.41, 5.74) is 1.30. The summed E-state index contributed by atoms with van der Waals surface area (Å²) in [5, 5.41) is 0. The van der Waals surface area contributed by atoms with Gasteiger partial charge in [-0.25, -0.2) is 0 Å². The number of benzene rings is 1. The van der Waals surface area contributed by atoms with Gasteiger partial charge in [0.1, 0.15) is 5.78 Å². The third-order valence-corrected chi connectivity index (χ3v) is 3.00. The Labute approximate surface area is 104 Å². The fourth-order valence-corrected chi connectivity index (χ4v) is 1.74. The molecule has 1 unspecified atom stereocenters. The molecular weight excluding hydrogens is 212 g/mol. The second kappa shape index (κ2) is 7.23. The number of ketones is 1. The minimum absolute atomic E-state index is 0.0464. The van der Waals surface area contributed by atoms with Gasteiger partial charge < -0.3 is 4.74 Å². The Kier molecular flexibility index (Phi) is 5.92. The number of ether oxygens (including phenoxy) is 1. The molecule has 0 N–H and O–H groups in total. The maximum absolute atomic E-state index is 11.6. The van der Waals surface area contributed by atoms with Crippen molar-refractivity contribution in [2.45, 2.75) is 39.2 Å². The average Bonchev–Trinajstić information content (AvgIpc) is 2.35. The number of hydrogen-bond donors (Lipinski definition) is 0. The summed E-state index contributed by atoms with van der Waals surface area (Å²) < 4.78 is 5.37. The van der Waals surface area contributed by atoms with Crippen LogP contribution in [0.1, 0.15) is 32.3 Å². The summed E-state index contributed by atoms with van der Waals surface area (Å²) in [6, 6.07) is 10.3. The molecule has 0 saturated heterocycles. The van der Waals surface area contributed by atoms with Crippen LogP contribution in [0.5, 0.6) is 0 Å². The molecule has 0 aromatic heterocycles. The number of carbonyl (C=O) groups excluding carboxylic acids is 1. The van der Waals surface area contributed by atoms with Gasteiger partial charge in [-0.15, -0.1) is 0 Å². The van der Waals surface area contributed by atoms with E-state index in [1.807, 2.05) is 32.0 Å². The Balaban J connectivity index is 2.40. The van der Waals surface area contributed by atoms with E-state index in [4.69, 9.17) is 4.74 Å². The average molecular weight is 234 g/mol. The molecule has 94 valence electrons. The van der Waals surface area contributed by atoms with Gasteiger partial charge >= 0.3 is 0 Å². The van der Waals surface area contributed by atoms with E-state index in [0.29, 0.717) is 6.42 Å². The zero-order valence-electron chi connectivity index (χ0n) is 11.0. The standard InChI is InChI=1S/C15H22O2/c1-12(2)15(16)11-14(17-3)10-9-13-7-5-4-6-8-13/h4-8,12,14H,9-11H2,1-3H3. The minimum atomic E-state index is 0.0464. The van der Waals surface area contributed by atoms with Crippen LogP contribution in [0, 0.1) is 5.92 Å². The highest BCUT2D eigenvalue weighted by Gasteiger charge is 2.15. The Morgan fingerprint density at radius 1 is 1.24 bits per heavy atom. The molecule has 17 heavy (non-hydrogen) atoms. The van der Waals surface area contributed by atoms with E-state index in [-0.39, 0.29) is 17.8 Å². The molecule has 0 saturated carbocycles. The second-order valence-corrected chi connectivity index (χ2v) is 4.71. The van der Waals surface area contributed by atoms with Crippen LogP contribution in [0.15, 0.2) is 30.3 Å². The monoisotopic (exact) mass is 234 g/mol. The smallest absolute Gasteiger partial charge is 0.138 e. The quantitative estimate of drug-likeness (QED) is 0.724. The first-order valence-corrected chi connectivity index (χ1v) is 6.23. The zero-order chi connectivity index (χ0) is 12.7. The first kappa shape index (κ1) is 13.9. The number of rotatable bonds is 7. The van der Waals surface area contributed by atoms with Gasteiger partial charge in [0.05, 0.1) is 6.10 Å². The van der Waals surface area contributed by atoms with Gasteiger partial charge in [0.15, 0.2) is 0 Å². The molecule has 0 radical (unpaired) electrons. The van der Waals surface area contributed by atoms with Crippen molar-refractivity contribution < 1.29 is 9.53 Å². The van der Waals surface area contributed by atoms with Gasteiger partial charge in [-0.05, 0) is 18.4 Å². The van der Waals surface area contributed by atoms with E-state index in [0.717, 1.165) is 12.8 Å². The molecule has 0 amide bonds. The molecule has 2 nitrogen and oxygen atoms in total. The summed E-state index contributed by atoms with van der Waals surface area (Å²) in [7, 11) is 1.68. The summed E-state index contributed by atoms with van der Waals surface area (Å²) in [4.78, 5) is 11.6. The molecule has 0 bridgehead atoms. The fourth-order valence-electron chi connectivity index (χ4n) is 1.74. The highest BCUT2D eigenvalue weighted by molar-refractivity contribution is 5.80. The first-order chi connectivity index (χ1) is 8.13. The van der Waals surface area contributed by atoms with Crippen molar-refractivity contribution in [2.75, 3.05) is 7.11 Å². The Bertz CT molecular complexity index is 330. The molecule has 0 aliphatic heterocycles. The topological polar surface area (TPSA) is 26.3 Å². The number of carbonyl (C=O) groups is 1. The SMILES string of the molecule is COC(CCc1ccccc1)CC(=O)C(C)C. The van der Waals surface area contributed by atoms with Gasteiger partial charge in [-0.1, -0.05) is 44.2 Å². The minimum Gasteiger partial charge on any atom is -0.381 e. The molecule has 0 heterocycles. The Morgan fingerprint density at radius 3 is 2.41 bits per heavy atom. The van der Waals surface area contributed by atoms with E-state index in [2.05, 4.69) is 12.1 Å². The van der Waals surface area contributed by atoms with Crippen LogP contribution in [-0.2, 0) is 16.0 Å². The van der Waals surface area contributed by atoms with E-state index in [1.54, 1.807) is 7.11 Å². The van der Waals surface area contributed by atoms with Crippen molar-refractivity contribution in [3.05, 3.63) is 35.9 Å². The molecular formula is C15H22O2. The third kappa shape index (κ3) is 5.14. The van der Waals surface area contributed by atoms with Gasteiger partial charge in [0.25, 0.3) is 0 Å². The molecule has 1 atom stereocenters. The van der Waals surface area contributed by atoms with Crippen molar-refractivity contribution in [3.63, 3.8) is 0 Å². The summed E-state index contributed by atoms with van der Waals surface area (Å²) in [6.45, 7) is 3.87. The lowest BCUT2D eigenvalue weighted by molar-refractivity contribution is -0.124. The van der Waals surface area contributed by atoms with Gasteiger partial charge in [-0.2, -0.15) is 0 Å². The molecule has 2 heteroatoms. The Hall–Kier alpha value is -1.15. The molecule has 1 rings (SSSR count). The number of aryl methyl sites for hydroxylation is 1. The van der Waals surface area contributed by atoms with Crippen molar-refractivity contribution in [2.24, 2.45) is 5.92 Å². The highest BCUT2D eigenvalue weighted by atomic mass is 16.5. The second-order valence-electron chi connectivity index (χ2n) is 4.71. The van der Waals surface area contributed by atoms with Crippen LogP contribution in [0.25, 0.3) is 0 Å². The first-order valence-electron chi connectivity index (χ1n) is 6.23. The molecule has 0 aliphatic carbocycles. The van der Waals surface area contributed by atoms with Gasteiger partial charge in [0.2, 0.25) is 0 Å². The highest BCUT2D eigenvalue weighted by Crippen LogP contribution is 2.12. The largest absolute Gasteiger partial charge is 0.381 e. The van der Waals surface area contributed by atoms with E-state index in [1.165, 1.54) is 5.56 Å². The van der Waals surface area contributed by atoms with Crippen molar-refractivity contribution in [3.8, 4) is 0 Å². The summed E-state index contributed by atoms with van der Waals surface area (Å²) >= 11 is 0. The summed E-state index contributed by atoms with van der Waals surface area (Å²) in [5.74, 6) is 0.384. The fraction of sp³-hybridized carbons (Fsp3) is 0.533. The Morgan fingerprint density at radius 2 is 1.88 bits per heavy atom. The van der Waals surface area contributed by atoms with Crippen LogP contribution >= 0.6 is 0 Å². The lowest BCUT2D eigenvalue weighted by atomic mass is 9.99. The van der Waals surface area contributed by atoms with E-state index in [9.17, 15) is 4.79 Å². The zero-order valence-corrected chi connectivity index (χ0v) is 11.0. The third-order valence-electron chi connectivity index (χ3n) is 3.00. The van der Waals surface area contributed by atoms with Crippen LogP contribution in [0.2, 0.25) is 0 Å². The maximum atomic E-state index is 11.6. The molecule has 0 aliphatic rings. The van der Waals surface area contributed by atoms with Gasteiger partial charge in [0, 0.05) is 19.4 Å². The molecule has 0 spiro atoms. The van der Waals surface area contributed by atoms with Crippen molar-refractivity contribution in [1.82, 2.24) is 0 Å².